The molecule has 4 heterocycles. The Morgan fingerprint density at radius 1 is 1.06 bits per heavy atom. The Morgan fingerprint density at radius 3 is 2.66 bits per heavy atom. The number of aromatic nitrogens is 4. The van der Waals surface area contributed by atoms with Gasteiger partial charge in [0.2, 0.25) is 6.17 Å². The maximum absolute atomic E-state index is 13.7. The van der Waals surface area contributed by atoms with Gasteiger partial charge in [-0.15, -0.1) is 10.2 Å². The van der Waals surface area contributed by atoms with Gasteiger partial charge in [0.05, 0.1) is 22.8 Å². The number of carbonyl (C=O) groups excluding carboxylic acids is 2. The van der Waals surface area contributed by atoms with Gasteiger partial charge in [0.15, 0.2) is 11.3 Å². The SMILES string of the molecule is Cc1cc2c3c(c1)C(c1ccccc1)=N[C@@H](NC(=O)c1nnc4cc(C)nn4c1C)C(=O)N3CC2. The molecule has 0 saturated heterocycles. The molecule has 6 rings (SSSR count). The maximum atomic E-state index is 13.7. The van der Waals surface area contributed by atoms with Gasteiger partial charge in [-0.1, -0.05) is 42.0 Å². The van der Waals surface area contributed by atoms with Crippen LogP contribution in [0.4, 0.5) is 5.69 Å². The first kappa shape index (κ1) is 21.2. The van der Waals surface area contributed by atoms with Gasteiger partial charge in [-0.3, -0.25) is 9.59 Å². The first-order valence-electron chi connectivity index (χ1n) is 11.5. The van der Waals surface area contributed by atoms with Crippen LogP contribution in [0.15, 0.2) is 53.5 Å². The summed E-state index contributed by atoms with van der Waals surface area (Å²) in [5.41, 5.74) is 7.53. The lowest BCUT2D eigenvalue weighted by molar-refractivity contribution is -0.120. The molecule has 9 nitrogen and oxygen atoms in total. The third-order valence-corrected chi connectivity index (χ3v) is 6.48. The van der Waals surface area contributed by atoms with Crippen molar-refractivity contribution in [2.45, 2.75) is 33.4 Å². The maximum Gasteiger partial charge on any atom is 0.275 e. The minimum absolute atomic E-state index is 0.101. The summed E-state index contributed by atoms with van der Waals surface area (Å²) >= 11 is 0. The summed E-state index contributed by atoms with van der Waals surface area (Å²) < 4.78 is 1.58. The van der Waals surface area contributed by atoms with Crippen LogP contribution in [0.2, 0.25) is 0 Å². The van der Waals surface area contributed by atoms with E-state index < -0.39 is 12.1 Å². The zero-order chi connectivity index (χ0) is 24.3. The van der Waals surface area contributed by atoms with Gasteiger partial charge < -0.3 is 10.2 Å². The molecule has 4 aromatic rings. The number of rotatable bonds is 3. The predicted octanol–water partition coefficient (Wildman–Crippen LogP) is 2.55. The largest absolute Gasteiger partial charge is 0.321 e. The number of aliphatic imine (C=N–C) groups is 1. The average Bonchev–Trinajstić information content (AvgIpc) is 3.42. The van der Waals surface area contributed by atoms with Crippen molar-refractivity contribution in [1.29, 1.82) is 0 Å². The lowest BCUT2D eigenvalue weighted by Crippen LogP contribution is -2.47. The van der Waals surface area contributed by atoms with Crippen LogP contribution in [-0.2, 0) is 11.2 Å². The fraction of sp³-hybridized carbons (Fsp3) is 0.231. The first-order chi connectivity index (χ1) is 16.9. The van der Waals surface area contributed by atoms with Crippen LogP contribution >= 0.6 is 0 Å². The smallest absolute Gasteiger partial charge is 0.275 e. The summed E-state index contributed by atoms with van der Waals surface area (Å²) in [5.74, 6) is -0.795. The fourth-order valence-corrected chi connectivity index (χ4v) is 4.91. The van der Waals surface area contributed by atoms with Gasteiger partial charge in [-0.25, -0.2) is 9.51 Å². The van der Waals surface area contributed by atoms with E-state index in [1.54, 1.807) is 22.4 Å². The lowest BCUT2D eigenvalue weighted by atomic mass is 9.96. The van der Waals surface area contributed by atoms with Crippen LogP contribution in [0.5, 0.6) is 0 Å². The van der Waals surface area contributed by atoms with Crippen molar-refractivity contribution in [3.63, 3.8) is 0 Å². The molecule has 1 N–H and O–H groups in total. The van der Waals surface area contributed by atoms with Crippen LogP contribution < -0.4 is 10.2 Å². The van der Waals surface area contributed by atoms with Gasteiger partial charge in [0, 0.05) is 23.7 Å². The van der Waals surface area contributed by atoms with E-state index >= 15 is 0 Å². The monoisotopic (exact) mass is 465 g/mol. The second-order valence-electron chi connectivity index (χ2n) is 8.97. The molecule has 0 spiro atoms. The number of carbonyl (C=O) groups is 2. The van der Waals surface area contributed by atoms with Crippen LogP contribution in [0.1, 0.15) is 44.1 Å². The second-order valence-corrected chi connectivity index (χ2v) is 8.97. The molecule has 9 heteroatoms. The highest BCUT2D eigenvalue weighted by molar-refractivity contribution is 6.21. The average molecular weight is 466 g/mol. The Kier molecular flexibility index (Phi) is 4.73. The van der Waals surface area contributed by atoms with Gasteiger partial charge in [-0.2, -0.15) is 5.10 Å². The minimum Gasteiger partial charge on any atom is -0.321 e. The highest BCUT2D eigenvalue weighted by Gasteiger charge is 2.37. The molecule has 0 aliphatic carbocycles. The molecule has 2 aromatic carbocycles. The Bertz CT molecular complexity index is 1560. The highest BCUT2D eigenvalue weighted by Crippen LogP contribution is 2.37. The summed E-state index contributed by atoms with van der Waals surface area (Å²) in [5, 5.41) is 15.4. The van der Waals surface area contributed by atoms with E-state index in [2.05, 4.69) is 32.7 Å². The lowest BCUT2D eigenvalue weighted by Gasteiger charge is -2.21. The summed E-state index contributed by atoms with van der Waals surface area (Å²) in [6, 6.07) is 15.7. The summed E-state index contributed by atoms with van der Waals surface area (Å²) in [6.07, 6.45) is -0.342. The Morgan fingerprint density at radius 2 is 1.86 bits per heavy atom. The summed E-state index contributed by atoms with van der Waals surface area (Å²) in [7, 11) is 0. The van der Waals surface area contributed by atoms with Crippen LogP contribution in [0, 0.1) is 20.8 Å². The molecular weight excluding hydrogens is 442 g/mol. The number of nitrogens with zero attached hydrogens (tertiary/aromatic N) is 6. The predicted molar refractivity (Wildman–Crippen MR) is 131 cm³/mol. The van der Waals surface area contributed by atoms with Gasteiger partial charge in [0.25, 0.3) is 11.8 Å². The third-order valence-electron chi connectivity index (χ3n) is 6.48. The van der Waals surface area contributed by atoms with Gasteiger partial charge in [-0.05, 0) is 38.8 Å². The molecule has 2 amide bonds. The third kappa shape index (κ3) is 3.39. The van der Waals surface area contributed by atoms with E-state index in [0.29, 0.717) is 23.6 Å². The fourth-order valence-electron chi connectivity index (χ4n) is 4.91. The Balaban J connectivity index is 1.45. The van der Waals surface area contributed by atoms with Crippen molar-refractivity contribution < 1.29 is 9.59 Å². The summed E-state index contributed by atoms with van der Waals surface area (Å²) in [6.45, 7) is 6.19. The molecule has 174 valence electrons. The number of aryl methyl sites for hydroxylation is 3. The number of amides is 2. The first-order valence-corrected chi connectivity index (χ1v) is 11.5. The number of benzene rings is 2. The molecule has 2 aromatic heterocycles. The second kappa shape index (κ2) is 7.83. The number of hydrogen-bond acceptors (Lipinski definition) is 6. The zero-order valence-electron chi connectivity index (χ0n) is 19.6. The normalized spacial score (nSPS) is 16.8. The van der Waals surface area contributed by atoms with Crippen LogP contribution in [0.25, 0.3) is 5.65 Å². The Hall–Kier alpha value is -4.40. The quantitative estimate of drug-likeness (QED) is 0.501. The highest BCUT2D eigenvalue weighted by atomic mass is 16.2. The van der Waals surface area contributed by atoms with Crippen molar-refractivity contribution in [3.8, 4) is 0 Å². The molecule has 0 fully saturated rings. The van der Waals surface area contributed by atoms with E-state index in [0.717, 1.165) is 40.1 Å². The number of hydrogen-bond donors (Lipinski definition) is 1. The molecule has 0 bridgehead atoms. The van der Waals surface area contributed by atoms with Crippen molar-refractivity contribution in [2.24, 2.45) is 4.99 Å². The molecule has 35 heavy (non-hydrogen) atoms. The van der Waals surface area contributed by atoms with E-state index in [1.807, 2.05) is 44.2 Å². The zero-order valence-corrected chi connectivity index (χ0v) is 19.6. The summed E-state index contributed by atoms with van der Waals surface area (Å²) in [4.78, 5) is 33.5. The van der Waals surface area contributed by atoms with E-state index in [-0.39, 0.29) is 11.6 Å². The van der Waals surface area contributed by atoms with Gasteiger partial charge in [0.1, 0.15) is 0 Å². The molecule has 1 atom stereocenters. The molecule has 0 unspecified atom stereocenters. The molecule has 0 saturated carbocycles. The number of anilines is 1. The Labute approximate surface area is 201 Å². The minimum atomic E-state index is -1.10. The molecular formula is C26H23N7O2. The van der Waals surface area contributed by atoms with Crippen molar-refractivity contribution in [2.75, 3.05) is 11.4 Å². The molecule has 2 aliphatic heterocycles. The number of nitrogens with one attached hydrogen (secondary N) is 1. The van der Waals surface area contributed by atoms with Crippen molar-refractivity contribution in [3.05, 3.63) is 87.9 Å². The van der Waals surface area contributed by atoms with Crippen LogP contribution in [-0.4, -0.2) is 50.0 Å². The topological polar surface area (TPSA) is 105 Å². The standard InChI is InChI=1S/C26H23N7O2/c1-14-11-18-9-10-32-23(18)19(12-14)22(17-7-5-4-6-8-17)27-24(26(32)35)28-25(34)21-16(3)33-20(29-30-21)13-15(2)31-33/h4-8,11-13,24H,9-10H2,1-3H3,(H,28,34)/t24-/m0/s1. The van der Waals surface area contributed by atoms with Crippen molar-refractivity contribution >= 4 is 28.9 Å². The van der Waals surface area contributed by atoms with Gasteiger partial charge >= 0.3 is 0 Å². The van der Waals surface area contributed by atoms with Crippen LogP contribution in [0.3, 0.4) is 0 Å². The number of fused-ring (bicyclic) bond motifs is 1. The van der Waals surface area contributed by atoms with E-state index in [1.165, 1.54) is 0 Å². The van der Waals surface area contributed by atoms with E-state index in [9.17, 15) is 9.59 Å². The van der Waals surface area contributed by atoms with Crippen molar-refractivity contribution in [1.82, 2.24) is 25.1 Å². The molecule has 2 aliphatic rings. The van der Waals surface area contributed by atoms with E-state index in [4.69, 9.17) is 4.99 Å². The molecule has 0 radical (unpaired) electrons.